The van der Waals surface area contributed by atoms with Gasteiger partial charge in [-0.05, 0) is 35.6 Å². The molecule has 1 unspecified atom stereocenters. The maximum Gasteiger partial charge on any atom is 0.410 e. The summed E-state index contributed by atoms with van der Waals surface area (Å²) in [4.78, 5) is 10.9. The van der Waals surface area contributed by atoms with E-state index in [1.54, 1.807) is 0 Å². The maximum absolute atomic E-state index is 10.9. The molecule has 0 aromatic carbocycles. The summed E-state index contributed by atoms with van der Waals surface area (Å²) in [7, 11) is 2.47. The van der Waals surface area contributed by atoms with Crippen LogP contribution in [0.3, 0.4) is 0 Å². The lowest BCUT2D eigenvalue weighted by molar-refractivity contribution is 0.0573. The summed E-state index contributed by atoms with van der Waals surface area (Å²) in [6, 6.07) is 0.958. The highest BCUT2D eigenvalue weighted by Gasteiger charge is 2.14. The van der Waals surface area contributed by atoms with Crippen molar-refractivity contribution in [1.82, 2.24) is 5.09 Å². The van der Waals surface area contributed by atoms with E-state index in [9.17, 15) is 4.79 Å². The van der Waals surface area contributed by atoms with Crippen LogP contribution in [0.25, 0.3) is 0 Å². The number of hydrogen-bond acceptors (Lipinski definition) is 2. The van der Waals surface area contributed by atoms with Gasteiger partial charge in [0.05, 0.1) is 0 Å². The molecule has 5 heteroatoms. The minimum absolute atomic E-state index is 0.322. The Kier molecular flexibility index (Phi) is 4.51. The van der Waals surface area contributed by atoms with E-state index in [0.717, 1.165) is 6.06 Å². The van der Waals surface area contributed by atoms with Gasteiger partial charge in [-0.25, -0.2) is 4.79 Å². The average molecular weight is 175 g/mol. The highest BCUT2D eigenvalue weighted by atomic mass is 31.1. The van der Waals surface area contributed by atoms with Crippen LogP contribution in [0.5, 0.6) is 0 Å². The number of amides is 1. The minimum Gasteiger partial charge on any atom is -0.444 e. The first kappa shape index (κ1) is 10.8. The van der Waals surface area contributed by atoms with E-state index in [0.29, 0.717) is 8.73 Å². The Bertz CT molecular complexity index is 135. The third kappa shape index (κ3) is 7.66. The molecule has 0 bridgehead atoms. The molecule has 0 aliphatic rings. The highest BCUT2D eigenvalue weighted by molar-refractivity contribution is 7.38. The molecule has 0 saturated heterocycles. The lowest BCUT2D eigenvalue weighted by Crippen LogP contribution is -2.28. The van der Waals surface area contributed by atoms with E-state index in [1.165, 1.54) is 0 Å². The van der Waals surface area contributed by atoms with Crippen LogP contribution in [0.1, 0.15) is 20.8 Å². The van der Waals surface area contributed by atoms with Crippen molar-refractivity contribution in [2.75, 3.05) is 6.06 Å². The molecule has 1 amide bonds. The van der Waals surface area contributed by atoms with Crippen LogP contribution in [0.4, 0.5) is 4.79 Å². The summed E-state index contributed by atoms with van der Waals surface area (Å²) >= 11 is 0. The molecule has 0 radical (unpaired) electrons. The molecule has 1 atom stereocenters. The van der Waals surface area contributed by atoms with Gasteiger partial charge in [0.2, 0.25) is 0 Å². The van der Waals surface area contributed by atoms with Crippen molar-refractivity contribution in [3.8, 4) is 0 Å². The first-order valence-corrected chi connectivity index (χ1v) is 4.88. The second-order valence-corrected chi connectivity index (χ2v) is 4.47. The molecule has 64 valence electrons. The number of nitrogens with one attached hydrogen (secondary N) is 1. The Morgan fingerprint density at radius 3 is 2.55 bits per heavy atom. The van der Waals surface area contributed by atoms with Crippen molar-refractivity contribution < 1.29 is 9.53 Å². The standard InChI is InChI=1S/C6H15BNO2P/c1-6(2,3)10-5(9)8-11-4-7/h11H,4,7H2,1-3H3,(H,8,9). The lowest BCUT2D eigenvalue weighted by atomic mass is 10.2. The predicted octanol–water partition coefficient (Wildman–Crippen LogP) is 0.695. The van der Waals surface area contributed by atoms with Crippen LogP contribution in [0.2, 0.25) is 0 Å². The molecule has 0 heterocycles. The molecule has 1 N–H and O–H groups in total. The minimum atomic E-state index is -0.387. The van der Waals surface area contributed by atoms with Crippen molar-refractivity contribution in [2.45, 2.75) is 26.4 Å². The Labute approximate surface area is 70.5 Å². The van der Waals surface area contributed by atoms with E-state index in [1.807, 2.05) is 28.6 Å². The Balaban J connectivity index is 3.53. The van der Waals surface area contributed by atoms with Crippen molar-refractivity contribution >= 4 is 22.7 Å². The van der Waals surface area contributed by atoms with Gasteiger partial charge < -0.3 is 9.82 Å². The van der Waals surface area contributed by atoms with Crippen molar-refractivity contribution in [3.63, 3.8) is 0 Å². The largest absolute Gasteiger partial charge is 0.444 e. The SMILES string of the molecule is BCPNC(=O)OC(C)(C)C. The Morgan fingerprint density at radius 1 is 1.64 bits per heavy atom. The van der Waals surface area contributed by atoms with Crippen LogP contribution in [-0.4, -0.2) is 25.6 Å². The topological polar surface area (TPSA) is 38.3 Å². The van der Waals surface area contributed by atoms with E-state index in [4.69, 9.17) is 4.74 Å². The Hall–Kier alpha value is -0.235. The molecule has 0 rings (SSSR count). The summed E-state index contributed by atoms with van der Waals surface area (Å²) in [5.41, 5.74) is -0.387. The molecule has 11 heavy (non-hydrogen) atoms. The zero-order valence-electron chi connectivity index (χ0n) is 7.52. The summed E-state index contributed by atoms with van der Waals surface area (Å²) in [5.74, 6) is 0. The van der Waals surface area contributed by atoms with Crippen molar-refractivity contribution in [2.24, 2.45) is 0 Å². The van der Waals surface area contributed by atoms with Crippen molar-refractivity contribution in [1.29, 1.82) is 0 Å². The fourth-order valence-electron chi connectivity index (χ4n) is 0.464. The number of carbonyl (C=O) groups excluding carboxylic acids is 1. The molecule has 0 aliphatic carbocycles. The number of ether oxygens (including phenoxy) is 1. The molecular weight excluding hydrogens is 160 g/mol. The third-order valence-electron chi connectivity index (χ3n) is 0.766. The molecule has 0 fully saturated rings. The summed E-state index contributed by atoms with van der Waals surface area (Å²) in [6.07, 6.45) is -0.322. The van der Waals surface area contributed by atoms with E-state index in [2.05, 4.69) is 5.09 Å². The zero-order valence-corrected chi connectivity index (χ0v) is 8.52. The van der Waals surface area contributed by atoms with Gasteiger partial charge in [-0.15, -0.1) is 0 Å². The second-order valence-electron chi connectivity index (χ2n) is 3.16. The lowest BCUT2D eigenvalue weighted by Gasteiger charge is -2.19. The van der Waals surface area contributed by atoms with Gasteiger partial charge in [-0.1, -0.05) is 0 Å². The quantitative estimate of drug-likeness (QED) is 0.495. The van der Waals surface area contributed by atoms with Gasteiger partial charge in [0.25, 0.3) is 0 Å². The fraction of sp³-hybridized carbons (Fsp3) is 0.833. The number of rotatable bonds is 2. The Morgan fingerprint density at radius 2 is 2.18 bits per heavy atom. The molecular formula is C6H15BNO2P. The number of carbonyl (C=O) groups is 1. The monoisotopic (exact) mass is 175 g/mol. The van der Waals surface area contributed by atoms with Gasteiger partial charge in [0.15, 0.2) is 0 Å². The normalized spacial score (nSPS) is 11.9. The maximum atomic E-state index is 10.9. The molecule has 0 aliphatic heterocycles. The van der Waals surface area contributed by atoms with Crippen LogP contribution in [0.15, 0.2) is 0 Å². The van der Waals surface area contributed by atoms with E-state index >= 15 is 0 Å². The molecule has 0 aromatic heterocycles. The van der Waals surface area contributed by atoms with Crippen LogP contribution in [-0.2, 0) is 4.74 Å². The predicted molar refractivity (Wildman–Crippen MR) is 51.1 cm³/mol. The average Bonchev–Trinajstić information content (AvgIpc) is 1.79. The van der Waals surface area contributed by atoms with Gasteiger partial charge in [-0.2, -0.15) is 0 Å². The van der Waals surface area contributed by atoms with E-state index < -0.39 is 0 Å². The van der Waals surface area contributed by atoms with Crippen LogP contribution < -0.4 is 5.09 Å². The summed E-state index contributed by atoms with van der Waals surface area (Å²) in [5, 5.41) is 2.66. The highest BCUT2D eigenvalue weighted by Crippen LogP contribution is 2.08. The number of hydrogen-bond donors (Lipinski definition) is 1. The summed E-state index contributed by atoms with van der Waals surface area (Å²) < 4.78 is 5.00. The first-order valence-electron chi connectivity index (χ1n) is 3.67. The van der Waals surface area contributed by atoms with E-state index in [-0.39, 0.29) is 11.7 Å². The van der Waals surface area contributed by atoms with Gasteiger partial charge in [0, 0.05) is 0 Å². The zero-order chi connectivity index (χ0) is 8.91. The molecule has 3 nitrogen and oxygen atoms in total. The molecule has 0 spiro atoms. The first-order chi connectivity index (χ1) is 4.95. The summed E-state index contributed by atoms with van der Waals surface area (Å²) in [6.45, 7) is 5.55. The van der Waals surface area contributed by atoms with Crippen LogP contribution in [0, 0.1) is 0 Å². The fourth-order valence-corrected chi connectivity index (χ4v) is 0.836. The van der Waals surface area contributed by atoms with Gasteiger partial charge in [0.1, 0.15) is 13.4 Å². The molecule has 0 saturated carbocycles. The van der Waals surface area contributed by atoms with Crippen molar-refractivity contribution in [3.05, 3.63) is 0 Å². The third-order valence-corrected chi connectivity index (χ3v) is 1.50. The smallest absolute Gasteiger partial charge is 0.410 e. The van der Waals surface area contributed by atoms with Crippen LogP contribution >= 0.6 is 8.73 Å². The van der Waals surface area contributed by atoms with Gasteiger partial charge in [-0.3, -0.25) is 0 Å². The van der Waals surface area contributed by atoms with Gasteiger partial charge >= 0.3 is 6.09 Å². The molecule has 0 aromatic rings. The second kappa shape index (κ2) is 4.60.